The van der Waals surface area contributed by atoms with Gasteiger partial charge in [0.05, 0.1) is 11.3 Å². The maximum absolute atomic E-state index is 14.3. The molecule has 6 nitrogen and oxygen atoms in total. The molecule has 0 fully saturated rings. The molecule has 0 saturated carbocycles. The van der Waals surface area contributed by atoms with Gasteiger partial charge in [-0.15, -0.1) is 0 Å². The van der Waals surface area contributed by atoms with E-state index in [0.29, 0.717) is 29.5 Å². The normalized spacial score (nSPS) is 13.8. The summed E-state index contributed by atoms with van der Waals surface area (Å²) in [5.74, 6) is 0.779. The van der Waals surface area contributed by atoms with Crippen LogP contribution in [0.15, 0.2) is 114 Å². The van der Waals surface area contributed by atoms with Crippen molar-refractivity contribution in [2.24, 2.45) is 0 Å². The quantitative estimate of drug-likeness (QED) is 0.329. The van der Waals surface area contributed by atoms with Gasteiger partial charge in [-0.25, -0.2) is 4.57 Å². The highest BCUT2D eigenvalue weighted by Crippen LogP contribution is 2.46. The van der Waals surface area contributed by atoms with Crippen LogP contribution in [0, 0.1) is 0 Å². The number of para-hydroxylation sites is 1. The van der Waals surface area contributed by atoms with Crippen LogP contribution < -0.4 is 15.6 Å². The van der Waals surface area contributed by atoms with Crippen molar-refractivity contribution < 1.29 is 9.84 Å². The maximum Gasteiger partial charge on any atom is 0.267 e. The summed E-state index contributed by atoms with van der Waals surface area (Å²) in [6.07, 6.45) is 0. The van der Waals surface area contributed by atoms with Crippen LogP contribution in [0.3, 0.4) is 0 Å². The number of fused-ring (bicyclic) bond motifs is 2. The van der Waals surface area contributed by atoms with Crippen molar-refractivity contribution in [2.45, 2.75) is 12.5 Å². The second kappa shape index (κ2) is 9.07. The maximum atomic E-state index is 14.3. The number of benzene rings is 4. The van der Waals surface area contributed by atoms with Crippen molar-refractivity contribution in [1.82, 2.24) is 9.55 Å². The zero-order valence-corrected chi connectivity index (χ0v) is 19.3. The van der Waals surface area contributed by atoms with Gasteiger partial charge in [-0.3, -0.25) is 4.79 Å². The Morgan fingerprint density at radius 2 is 1.53 bits per heavy atom. The lowest BCUT2D eigenvalue weighted by Gasteiger charge is -2.29. The fraction of sp³-hybridized carbons (Fsp3) is 0.0667. The molecule has 0 saturated heterocycles. The minimum absolute atomic E-state index is 0.0871. The first-order valence-electron chi connectivity index (χ1n) is 11.7. The van der Waals surface area contributed by atoms with E-state index in [9.17, 15) is 9.90 Å². The Morgan fingerprint density at radius 3 is 2.25 bits per heavy atom. The predicted octanol–water partition coefficient (Wildman–Crippen LogP) is 5.84. The number of phenols is 1. The lowest BCUT2D eigenvalue weighted by molar-refractivity contribution is 0.419. The van der Waals surface area contributed by atoms with E-state index in [1.165, 1.54) is 0 Å². The van der Waals surface area contributed by atoms with E-state index in [0.717, 1.165) is 16.7 Å². The summed E-state index contributed by atoms with van der Waals surface area (Å²) >= 11 is 0. The molecule has 176 valence electrons. The van der Waals surface area contributed by atoms with Gasteiger partial charge in [0.25, 0.3) is 5.56 Å². The molecule has 1 unspecified atom stereocenters. The Kier molecular flexibility index (Phi) is 5.46. The zero-order chi connectivity index (χ0) is 24.5. The number of anilines is 1. The lowest BCUT2D eigenvalue weighted by atomic mass is 9.84. The fourth-order valence-corrected chi connectivity index (χ4v) is 4.65. The molecule has 36 heavy (non-hydrogen) atoms. The Hall–Kier alpha value is -4.84. The van der Waals surface area contributed by atoms with Crippen molar-refractivity contribution in [3.63, 3.8) is 0 Å². The van der Waals surface area contributed by atoms with Crippen LogP contribution in [-0.2, 0) is 6.54 Å². The second-order valence-electron chi connectivity index (χ2n) is 8.64. The molecule has 0 bridgehead atoms. The molecule has 6 rings (SSSR count). The summed E-state index contributed by atoms with van der Waals surface area (Å²) in [5.41, 5.74) is 3.74. The van der Waals surface area contributed by atoms with Gasteiger partial charge < -0.3 is 15.2 Å². The summed E-state index contributed by atoms with van der Waals surface area (Å²) in [5, 5.41) is 13.5. The SMILES string of the molecule is O=c1c2c(nc(NCc3ccccc3)n1-c1ccccc1)Oc1cc(O)ccc1C2c1ccccc1. The largest absolute Gasteiger partial charge is 0.508 e. The summed E-state index contributed by atoms with van der Waals surface area (Å²) in [4.78, 5) is 19.1. The molecular formula is C30H23N3O3. The first-order chi connectivity index (χ1) is 17.7. The van der Waals surface area contributed by atoms with Gasteiger partial charge in [-0.2, -0.15) is 4.98 Å². The van der Waals surface area contributed by atoms with Crippen molar-refractivity contribution in [2.75, 3.05) is 5.32 Å². The third-order valence-electron chi connectivity index (χ3n) is 6.33. The summed E-state index contributed by atoms with van der Waals surface area (Å²) < 4.78 is 7.75. The van der Waals surface area contributed by atoms with E-state index in [1.807, 2.05) is 91.0 Å². The number of hydrogen-bond acceptors (Lipinski definition) is 5. The van der Waals surface area contributed by atoms with Gasteiger partial charge in [0, 0.05) is 24.1 Å². The Balaban J connectivity index is 1.57. The molecule has 0 amide bonds. The van der Waals surface area contributed by atoms with E-state index in [1.54, 1.807) is 22.8 Å². The number of aromatic nitrogens is 2. The molecule has 0 radical (unpaired) electrons. The molecule has 0 aliphatic carbocycles. The van der Waals surface area contributed by atoms with Crippen molar-refractivity contribution in [1.29, 1.82) is 0 Å². The van der Waals surface area contributed by atoms with E-state index in [4.69, 9.17) is 9.72 Å². The smallest absolute Gasteiger partial charge is 0.267 e. The third kappa shape index (κ3) is 3.88. The van der Waals surface area contributed by atoms with Crippen LogP contribution in [0.4, 0.5) is 5.95 Å². The number of nitrogens with zero attached hydrogens (tertiary/aromatic N) is 2. The topological polar surface area (TPSA) is 76.4 Å². The van der Waals surface area contributed by atoms with Gasteiger partial charge in [-0.05, 0) is 29.3 Å². The van der Waals surface area contributed by atoms with Crippen LogP contribution in [0.1, 0.15) is 28.2 Å². The predicted molar refractivity (Wildman–Crippen MR) is 139 cm³/mol. The van der Waals surface area contributed by atoms with Crippen LogP contribution in [0.25, 0.3) is 5.69 Å². The van der Waals surface area contributed by atoms with E-state index in [-0.39, 0.29) is 17.2 Å². The van der Waals surface area contributed by atoms with Gasteiger partial charge in [0.1, 0.15) is 11.5 Å². The van der Waals surface area contributed by atoms with Gasteiger partial charge in [0.15, 0.2) is 0 Å². The molecule has 6 heteroatoms. The number of phenolic OH excluding ortho intramolecular Hbond substituents is 1. The molecule has 1 aromatic heterocycles. The van der Waals surface area contributed by atoms with Crippen molar-refractivity contribution >= 4 is 5.95 Å². The monoisotopic (exact) mass is 473 g/mol. The number of hydrogen-bond donors (Lipinski definition) is 2. The van der Waals surface area contributed by atoms with Crippen LogP contribution >= 0.6 is 0 Å². The van der Waals surface area contributed by atoms with Gasteiger partial charge in [0.2, 0.25) is 11.8 Å². The molecule has 2 heterocycles. The molecule has 4 aromatic carbocycles. The highest BCUT2D eigenvalue weighted by atomic mass is 16.5. The number of ether oxygens (including phenoxy) is 1. The minimum atomic E-state index is -0.399. The van der Waals surface area contributed by atoms with E-state index >= 15 is 0 Å². The van der Waals surface area contributed by atoms with E-state index < -0.39 is 5.92 Å². The standard InChI is InChI=1S/C30H23N3O3/c34-23-16-17-24-25(18-23)36-28-27(26(24)21-12-6-2-7-13-21)29(35)33(22-14-8-3-9-15-22)30(32-28)31-19-20-10-4-1-5-11-20/h1-18,26,34H,19H2,(H,31,32). The lowest BCUT2D eigenvalue weighted by Crippen LogP contribution is -2.31. The van der Waals surface area contributed by atoms with Crippen LogP contribution in [0.5, 0.6) is 17.4 Å². The highest BCUT2D eigenvalue weighted by molar-refractivity contribution is 5.59. The van der Waals surface area contributed by atoms with Gasteiger partial charge in [-0.1, -0.05) is 84.9 Å². The first kappa shape index (κ1) is 21.7. The van der Waals surface area contributed by atoms with Crippen molar-refractivity contribution in [3.05, 3.63) is 142 Å². The number of rotatable bonds is 5. The average molecular weight is 474 g/mol. The molecule has 1 aliphatic heterocycles. The fourth-order valence-electron chi connectivity index (χ4n) is 4.65. The zero-order valence-electron chi connectivity index (χ0n) is 19.3. The second-order valence-corrected chi connectivity index (χ2v) is 8.64. The first-order valence-corrected chi connectivity index (χ1v) is 11.7. The highest BCUT2D eigenvalue weighted by Gasteiger charge is 2.34. The molecule has 2 N–H and O–H groups in total. The molecule has 0 spiro atoms. The average Bonchev–Trinajstić information content (AvgIpc) is 2.92. The summed E-state index contributed by atoms with van der Waals surface area (Å²) in [6.45, 7) is 0.485. The molecule has 1 aliphatic rings. The Bertz CT molecular complexity index is 1580. The van der Waals surface area contributed by atoms with Crippen LogP contribution in [-0.4, -0.2) is 14.7 Å². The minimum Gasteiger partial charge on any atom is -0.508 e. The number of aromatic hydroxyl groups is 1. The Morgan fingerprint density at radius 1 is 0.861 bits per heavy atom. The van der Waals surface area contributed by atoms with E-state index in [2.05, 4.69) is 5.32 Å². The third-order valence-corrected chi connectivity index (χ3v) is 6.33. The van der Waals surface area contributed by atoms with Crippen molar-refractivity contribution in [3.8, 4) is 23.1 Å². The molecular weight excluding hydrogens is 450 g/mol. The summed E-state index contributed by atoms with van der Waals surface area (Å²) in [7, 11) is 0. The molecule has 5 aromatic rings. The molecule has 1 atom stereocenters. The summed E-state index contributed by atoms with van der Waals surface area (Å²) in [6, 6.07) is 34.2. The van der Waals surface area contributed by atoms with Gasteiger partial charge >= 0.3 is 0 Å². The Labute approximate surface area is 208 Å². The number of nitrogens with one attached hydrogen (secondary N) is 1. The van der Waals surface area contributed by atoms with Crippen LogP contribution in [0.2, 0.25) is 0 Å².